The van der Waals surface area contributed by atoms with E-state index in [4.69, 9.17) is 0 Å². The first-order valence-corrected chi connectivity index (χ1v) is 14.0. The van der Waals surface area contributed by atoms with Crippen LogP contribution in [0.25, 0.3) is 0 Å². The molecule has 2 aliphatic rings. The van der Waals surface area contributed by atoms with Crippen molar-refractivity contribution in [1.82, 2.24) is 14.9 Å². The molecule has 1 aliphatic heterocycles. The minimum absolute atomic E-state index is 0.0440. The monoisotopic (exact) mass is 485 g/mol. The molecule has 178 valence electrons. The number of amides is 2. The van der Waals surface area contributed by atoms with Crippen LogP contribution in [-0.2, 0) is 19.6 Å². The zero-order valence-corrected chi connectivity index (χ0v) is 20.0. The average molecular weight is 486 g/mol. The van der Waals surface area contributed by atoms with Gasteiger partial charge < -0.3 is 10.6 Å². The summed E-state index contributed by atoms with van der Waals surface area (Å²) in [5.74, 6) is -0.401. The van der Waals surface area contributed by atoms with Gasteiger partial charge in [-0.2, -0.15) is 16.1 Å². The smallest absolute Gasteiger partial charge is 0.243 e. The quantitative estimate of drug-likeness (QED) is 0.560. The van der Waals surface area contributed by atoms with Crippen molar-refractivity contribution in [1.29, 1.82) is 0 Å². The van der Waals surface area contributed by atoms with Crippen LogP contribution in [0.3, 0.4) is 0 Å². The number of nitrogens with zero attached hydrogens (tertiary/aromatic N) is 1. The number of benzene rings is 1. The molecule has 10 heteroatoms. The van der Waals surface area contributed by atoms with E-state index in [-0.39, 0.29) is 41.8 Å². The van der Waals surface area contributed by atoms with Crippen LogP contribution in [0, 0.1) is 11.7 Å². The van der Waals surface area contributed by atoms with Gasteiger partial charge in [-0.3, -0.25) is 9.59 Å². The number of halogens is 1. The van der Waals surface area contributed by atoms with Crippen molar-refractivity contribution in [3.8, 4) is 0 Å². The number of hydrogen-bond acceptors (Lipinski definition) is 5. The molecule has 2 N–H and O–H groups in total. The van der Waals surface area contributed by atoms with E-state index in [2.05, 4.69) is 10.6 Å². The van der Waals surface area contributed by atoms with E-state index >= 15 is 0 Å². The Labute approximate surface area is 193 Å². The maximum atomic E-state index is 13.1. The molecule has 7 nitrogen and oxygen atoms in total. The van der Waals surface area contributed by atoms with Gasteiger partial charge in [-0.15, -0.1) is 0 Å². The molecular formula is C22H32FN3O4S2. The number of nitrogens with one attached hydrogen (secondary N) is 2. The predicted octanol–water partition coefficient (Wildman–Crippen LogP) is 2.52. The summed E-state index contributed by atoms with van der Waals surface area (Å²) in [5, 5.41) is 5.98. The molecule has 1 atom stereocenters. The highest BCUT2D eigenvalue weighted by Crippen LogP contribution is 2.24. The molecule has 0 radical (unpaired) electrons. The topological polar surface area (TPSA) is 95.6 Å². The van der Waals surface area contributed by atoms with Crippen molar-refractivity contribution >= 4 is 33.6 Å². The first-order valence-electron chi connectivity index (χ1n) is 11.2. The van der Waals surface area contributed by atoms with Crippen molar-refractivity contribution in [2.45, 2.75) is 61.9 Å². The van der Waals surface area contributed by atoms with Gasteiger partial charge in [0.25, 0.3) is 0 Å². The molecule has 1 heterocycles. The van der Waals surface area contributed by atoms with Crippen molar-refractivity contribution in [3.63, 3.8) is 0 Å². The minimum Gasteiger partial charge on any atom is -0.352 e. The van der Waals surface area contributed by atoms with E-state index in [9.17, 15) is 22.4 Å². The van der Waals surface area contributed by atoms with Gasteiger partial charge in [-0.05, 0) is 68.4 Å². The summed E-state index contributed by atoms with van der Waals surface area (Å²) in [6.07, 6.45) is 7.48. The Bertz CT molecular complexity index is 881. The first kappa shape index (κ1) is 25.0. The molecule has 2 amide bonds. The largest absolute Gasteiger partial charge is 0.352 e. The lowest BCUT2D eigenvalue weighted by Crippen LogP contribution is -2.52. The fourth-order valence-electron chi connectivity index (χ4n) is 4.28. The van der Waals surface area contributed by atoms with E-state index < -0.39 is 21.9 Å². The highest BCUT2D eigenvalue weighted by molar-refractivity contribution is 7.98. The molecule has 1 aromatic carbocycles. The first-order chi connectivity index (χ1) is 15.3. The predicted molar refractivity (Wildman–Crippen MR) is 123 cm³/mol. The summed E-state index contributed by atoms with van der Waals surface area (Å²) in [4.78, 5) is 25.7. The Morgan fingerprint density at radius 3 is 2.34 bits per heavy atom. The number of piperidine rings is 1. The van der Waals surface area contributed by atoms with Gasteiger partial charge in [0, 0.05) is 25.0 Å². The number of carbonyl (C=O) groups excluding carboxylic acids is 2. The number of hydrogen-bond donors (Lipinski definition) is 2. The Kier molecular flexibility index (Phi) is 8.95. The lowest BCUT2D eigenvalue weighted by Gasteiger charge is -2.31. The summed E-state index contributed by atoms with van der Waals surface area (Å²) < 4.78 is 40.0. The SMILES string of the molecule is CSCC[C@@H](NC(=O)C1CCN(S(=O)(=O)c2ccc(F)cc2)CC1)C(=O)NC1CCCC1. The minimum atomic E-state index is -3.72. The van der Waals surface area contributed by atoms with Gasteiger partial charge in [-0.1, -0.05) is 12.8 Å². The molecule has 0 spiro atoms. The van der Waals surface area contributed by atoms with Crippen molar-refractivity contribution in [3.05, 3.63) is 30.1 Å². The summed E-state index contributed by atoms with van der Waals surface area (Å²) in [6.45, 7) is 0.420. The molecule has 0 bridgehead atoms. The van der Waals surface area contributed by atoms with Gasteiger partial charge in [0.05, 0.1) is 4.90 Å². The molecule has 0 unspecified atom stereocenters. The highest BCUT2D eigenvalue weighted by atomic mass is 32.2. The maximum Gasteiger partial charge on any atom is 0.243 e. The zero-order valence-electron chi connectivity index (χ0n) is 18.4. The second-order valence-electron chi connectivity index (χ2n) is 8.46. The Morgan fingerprint density at radius 2 is 1.75 bits per heavy atom. The lowest BCUT2D eigenvalue weighted by molar-refractivity contribution is -0.132. The highest BCUT2D eigenvalue weighted by Gasteiger charge is 2.34. The molecular weight excluding hydrogens is 453 g/mol. The van der Waals surface area contributed by atoms with Crippen molar-refractivity contribution in [2.75, 3.05) is 25.1 Å². The van der Waals surface area contributed by atoms with Crippen LogP contribution in [0.2, 0.25) is 0 Å². The van der Waals surface area contributed by atoms with Gasteiger partial charge in [0.2, 0.25) is 21.8 Å². The van der Waals surface area contributed by atoms with E-state index in [0.717, 1.165) is 43.6 Å². The van der Waals surface area contributed by atoms with Crippen LogP contribution >= 0.6 is 11.8 Å². The van der Waals surface area contributed by atoms with E-state index in [1.807, 2.05) is 6.26 Å². The molecule has 1 aromatic rings. The third-order valence-corrected chi connectivity index (χ3v) is 8.78. The van der Waals surface area contributed by atoms with Gasteiger partial charge >= 0.3 is 0 Å². The van der Waals surface area contributed by atoms with Gasteiger partial charge in [0.1, 0.15) is 11.9 Å². The average Bonchev–Trinajstić information content (AvgIpc) is 3.29. The summed E-state index contributed by atoms with van der Waals surface area (Å²) >= 11 is 1.63. The molecule has 32 heavy (non-hydrogen) atoms. The third kappa shape index (κ3) is 6.45. The second kappa shape index (κ2) is 11.5. The third-order valence-electron chi connectivity index (χ3n) is 6.22. The Hall–Kier alpha value is -1.65. The molecule has 1 saturated heterocycles. The van der Waals surface area contributed by atoms with Crippen LogP contribution in [0.1, 0.15) is 44.9 Å². The summed E-state index contributed by atoms with van der Waals surface area (Å²) in [7, 11) is -3.72. The summed E-state index contributed by atoms with van der Waals surface area (Å²) in [6, 6.07) is 4.37. The molecule has 3 rings (SSSR count). The Morgan fingerprint density at radius 1 is 1.12 bits per heavy atom. The fourth-order valence-corrected chi connectivity index (χ4v) is 6.22. The number of carbonyl (C=O) groups is 2. The lowest BCUT2D eigenvalue weighted by atomic mass is 9.96. The van der Waals surface area contributed by atoms with Crippen LogP contribution in [-0.4, -0.2) is 61.7 Å². The van der Waals surface area contributed by atoms with Gasteiger partial charge in [-0.25, -0.2) is 12.8 Å². The van der Waals surface area contributed by atoms with Crippen molar-refractivity contribution < 1.29 is 22.4 Å². The van der Waals surface area contributed by atoms with Crippen LogP contribution < -0.4 is 10.6 Å². The van der Waals surface area contributed by atoms with Gasteiger partial charge in [0.15, 0.2) is 0 Å². The van der Waals surface area contributed by atoms with Crippen molar-refractivity contribution in [2.24, 2.45) is 5.92 Å². The van der Waals surface area contributed by atoms with Crippen LogP contribution in [0.4, 0.5) is 4.39 Å². The van der Waals surface area contributed by atoms with E-state index in [0.29, 0.717) is 19.3 Å². The molecule has 1 saturated carbocycles. The normalized spacial score (nSPS) is 19.6. The molecule has 1 aliphatic carbocycles. The summed E-state index contributed by atoms with van der Waals surface area (Å²) in [5.41, 5.74) is 0. The van der Waals surface area contributed by atoms with Crippen LogP contribution in [0.5, 0.6) is 0 Å². The van der Waals surface area contributed by atoms with E-state index in [1.54, 1.807) is 11.8 Å². The molecule has 2 fully saturated rings. The Balaban J connectivity index is 1.55. The second-order valence-corrected chi connectivity index (χ2v) is 11.4. The number of rotatable bonds is 9. The fraction of sp³-hybridized carbons (Fsp3) is 0.636. The number of thioether (sulfide) groups is 1. The maximum absolute atomic E-state index is 13.1. The standard InChI is InChI=1S/C22H32FN3O4S2/c1-31-15-12-20(22(28)24-18-4-2-3-5-18)25-21(27)16-10-13-26(14-11-16)32(29,30)19-8-6-17(23)7-9-19/h6-9,16,18,20H,2-5,10-15H2,1H3,(H,24,28)(H,25,27)/t20-/m1/s1. The molecule has 0 aromatic heterocycles. The van der Waals surface area contributed by atoms with Crippen LogP contribution in [0.15, 0.2) is 29.2 Å². The van der Waals surface area contributed by atoms with E-state index in [1.165, 1.54) is 16.4 Å². The zero-order chi connectivity index (χ0) is 23.1. The number of sulfonamides is 1.